The largest absolute Gasteiger partial charge is 0.506 e. The molecule has 0 saturated carbocycles. The molecule has 1 aromatic carbocycles. The Morgan fingerprint density at radius 1 is 1.33 bits per heavy atom. The van der Waals surface area contributed by atoms with Crippen LogP contribution in [0.4, 0.5) is 5.82 Å². The van der Waals surface area contributed by atoms with Gasteiger partial charge in [0.05, 0.1) is 9.90 Å². The van der Waals surface area contributed by atoms with Gasteiger partial charge in [-0.15, -0.1) is 0 Å². The first kappa shape index (κ1) is 15.6. The van der Waals surface area contributed by atoms with Gasteiger partial charge in [0, 0.05) is 18.7 Å². The van der Waals surface area contributed by atoms with Gasteiger partial charge in [0.25, 0.3) is 0 Å². The summed E-state index contributed by atoms with van der Waals surface area (Å²) in [5.41, 5.74) is 2.27. The highest BCUT2D eigenvalue weighted by Gasteiger charge is 2.21. The minimum atomic E-state index is -0.00232. The van der Waals surface area contributed by atoms with Crippen molar-refractivity contribution in [2.24, 2.45) is 0 Å². The van der Waals surface area contributed by atoms with Gasteiger partial charge in [0.2, 0.25) is 0 Å². The number of halogens is 1. The lowest BCUT2D eigenvalue weighted by Crippen LogP contribution is -2.07. The molecular weight excluding hydrogens is 421 g/mol. The predicted molar refractivity (Wildman–Crippen MR) is 97.7 cm³/mol. The fourth-order valence-corrected chi connectivity index (χ4v) is 3.41. The van der Waals surface area contributed by atoms with Gasteiger partial charge < -0.3 is 15.2 Å². The molecule has 1 unspecified atom stereocenters. The second-order valence-electron chi connectivity index (χ2n) is 5.62. The molecule has 3 aromatic rings. The molecule has 7 nitrogen and oxygen atoms in total. The lowest BCUT2D eigenvalue weighted by atomic mass is 10.2. The normalized spacial score (nSPS) is 17.5. The molecule has 2 aromatic heterocycles. The topological polar surface area (TPSA) is 85.1 Å². The standard InChI is InChI=1S/C16H16IN5O2/c17-11-4-1-3-10(14(11)23)7-18-15-13-16(20-8-19-15)22(9-21-13)12-5-2-6-24-12/h1,3-4,8-9,12,23H,2,5-7H2,(H,18,19,20). The van der Waals surface area contributed by atoms with Crippen LogP contribution in [0, 0.1) is 3.57 Å². The molecule has 0 bridgehead atoms. The first-order valence-corrected chi connectivity index (χ1v) is 8.81. The number of phenols is 1. The summed E-state index contributed by atoms with van der Waals surface area (Å²) < 4.78 is 8.49. The van der Waals surface area contributed by atoms with Gasteiger partial charge in [-0.3, -0.25) is 4.57 Å². The van der Waals surface area contributed by atoms with Gasteiger partial charge in [0.1, 0.15) is 18.3 Å². The van der Waals surface area contributed by atoms with Crippen molar-refractivity contribution in [2.45, 2.75) is 25.6 Å². The number of ether oxygens (including phenoxy) is 1. The summed E-state index contributed by atoms with van der Waals surface area (Å²) in [6.07, 6.45) is 5.29. The van der Waals surface area contributed by atoms with Crippen molar-refractivity contribution >= 4 is 39.6 Å². The molecule has 3 heterocycles. The Balaban J connectivity index is 1.61. The molecule has 1 atom stereocenters. The number of para-hydroxylation sites is 1. The quantitative estimate of drug-likeness (QED) is 0.611. The minimum Gasteiger partial charge on any atom is -0.506 e. The third-order valence-electron chi connectivity index (χ3n) is 4.09. The molecule has 1 aliphatic heterocycles. The van der Waals surface area contributed by atoms with Crippen LogP contribution in [0.1, 0.15) is 24.6 Å². The average molecular weight is 437 g/mol. The van der Waals surface area contributed by atoms with E-state index in [9.17, 15) is 5.11 Å². The monoisotopic (exact) mass is 437 g/mol. The molecule has 1 aliphatic rings. The summed E-state index contributed by atoms with van der Waals surface area (Å²) >= 11 is 2.11. The highest BCUT2D eigenvalue weighted by Crippen LogP contribution is 2.28. The van der Waals surface area contributed by atoms with E-state index in [2.05, 4.69) is 42.9 Å². The number of aromatic nitrogens is 4. The fourth-order valence-electron chi connectivity index (χ4n) is 2.85. The Morgan fingerprint density at radius 2 is 2.25 bits per heavy atom. The Labute approximate surface area is 152 Å². The van der Waals surface area contributed by atoms with E-state index < -0.39 is 0 Å². The number of phenolic OH excluding ortho intramolecular Hbond substituents is 1. The van der Waals surface area contributed by atoms with Crippen LogP contribution in [0.5, 0.6) is 5.75 Å². The van der Waals surface area contributed by atoms with Crippen molar-refractivity contribution in [3.05, 3.63) is 40.0 Å². The summed E-state index contributed by atoms with van der Waals surface area (Å²) in [5.74, 6) is 0.941. The molecule has 0 spiro atoms. The third kappa shape index (κ3) is 2.80. The Hall–Kier alpha value is -1.94. The van der Waals surface area contributed by atoms with E-state index in [-0.39, 0.29) is 6.23 Å². The third-order valence-corrected chi connectivity index (χ3v) is 4.96. The van der Waals surface area contributed by atoms with Crippen LogP contribution in [0.2, 0.25) is 0 Å². The zero-order chi connectivity index (χ0) is 16.5. The molecule has 4 rings (SSSR count). The van der Waals surface area contributed by atoms with Crippen molar-refractivity contribution < 1.29 is 9.84 Å². The van der Waals surface area contributed by atoms with Crippen LogP contribution in [-0.4, -0.2) is 31.2 Å². The van der Waals surface area contributed by atoms with Crippen LogP contribution in [0.15, 0.2) is 30.9 Å². The molecule has 1 fully saturated rings. The van der Waals surface area contributed by atoms with Crippen molar-refractivity contribution in [3.8, 4) is 5.75 Å². The number of hydrogen-bond acceptors (Lipinski definition) is 6. The zero-order valence-electron chi connectivity index (χ0n) is 12.8. The number of nitrogens with one attached hydrogen (secondary N) is 1. The number of rotatable bonds is 4. The van der Waals surface area contributed by atoms with E-state index >= 15 is 0 Å². The van der Waals surface area contributed by atoms with Crippen LogP contribution in [-0.2, 0) is 11.3 Å². The highest BCUT2D eigenvalue weighted by molar-refractivity contribution is 14.1. The maximum absolute atomic E-state index is 10.1. The van der Waals surface area contributed by atoms with Crippen LogP contribution in [0.25, 0.3) is 11.2 Å². The number of anilines is 1. The van der Waals surface area contributed by atoms with E-state index in [4.69, 9.17) is 4.74 Å². The molecule has 124 valence electrons. The molecule has 1 saturated heterocycles. The number of benzene rings is 1. The summed E-state index contributed by atoms with van der Waals surface area (Å²) in [4.78, 5) is 13.1. The molecule has 24 heavy (non-hydrogen) atoms. The SMILES string of the molecule is Oc1c(I)cccc1CNc1ncnc2c1ncn2C1CCCO1. The van der Waals surface area contributed by atoms with E-state index in [1.54, 1.807) is 6.33 Å². The predicted octanol–water partition coefficient (Wildman–Crippen LogP) is 3.06. The van der Waals surface area contributed by atoms with Gasteiger partial charge >= 0.3 is 0 Å². The van der Waals surface area contributed by atoms with Crippen LogP contribution in [0.3, 0.4) is 0 Å². The maximum atomic E-state index is 10.1. The number of imidazole rings is 1. The van der Waals surface area contributed by atoms with E-state index in [0.717, 1.165) is 34.2 Å². The first-order chi connectivity index (χ1) is 11.7. The van der Waals surface area contributed by atoms with Gasteiger partial charge in [0.15, 0.2) is 17.0 Å². The van der Waals surface area contributed by atoms with Crippen molar-refractivity contribution in [2.75, 3.05) is 11.9 Å². The maximum Gasteiger partial charge on any atom is 0.167 e. The Kier molecular flexibility index (Phi) is 4.23. The van der Waals surface area contributed by atoms with Gasteiger partial charge in [-0.2, -0.15) is 0 Å². The molecular formula is C16H16IN5O2. The number of nitrogens with zero attached hydrogens (tertiary/aromatic N) is 4. The average Bonchev–Trinajstić information content (AvgIpc) is 3.25. The Bertz CT molecular complexity index is 876. The van der Waals surface area contributed by atoms with Gasteiger partial charge in [-0.05, 0) is 41.5 Å². The molecule has 0 aliphatic carbocycles. The van der Waals surface area contributed by atoms with Gasteiger partial charge in [-0.1, -0.05) is 12.1 Å². The van der Waals surface area contributed by atoms with Crippen molar-refractivity contribution in [1.29, 1.82) is 0 Å². The van der Waals surface area contributed by atoms with Crippen molar-refractivity contribution in [3.63, 3.8) is 0 Å². The summed E-state index contributed by atoms with van der Waals surface area (Å²) in [6, 6.07) is 5.67. The van der Waals surface area contributed by atoms with Crippen LogP contribution >= 0.6 is 22.6 Å². The van der Waals surface area contributed by atoms with Gasteiger partial charge in [-0.25, -0.2) is 15.0 Å². The smallest absolute Gasteiger partial charge is 0.167 e. The number of hydrogen-bond donors (Lipinski definition) is 2. The zero-order valence-corrected chi connectivity index (χ0v) is 15.0. The summed E-state index contributed by atoms with van der Waals surface area (Å²) in [6.45, 7) is 1.23. The molecule has 2 N–H and O–H groups in total. The second kappa shape index (κ2) is 6.52. The lowest BCUT2D eigenvalue weighted by Gasteiger charge is -2.12. The molecule has 8 heteroatoms. The molecule has 0 radical (unpaired) electrons. The summed E-state index contributed by atoms with van der Waals surface area (Å²) in [7, 11) is 0. The minimum absolute atomic E-state index is 0.00232. The first-order valence-electron chi connectivity index (χ1n) is 7.73. The second-order valence-corrected chi connectivity index (χ2v) is 6.78. The number of aromatic hydroxyl groups is 1. The molecule has 0 amide bonds. The van der Waals surface area contributed by atoms with Crippen molar-refractivity contribution in [1.82, 2.24) is 19.5 Å². The Morgan fingerprint density at radius 3 is 3.08 bits per heavy atom. The van der Waals surface area contributed by atoms with E-state index in [0.29, 0.717) is 23.6 Å². The summed E-state index contributed by atoms with van der Waals surface area (Å²) in [5, 5.41) is 13.4. The fraction of sp³-hybridized carbons (Fsp3) is 0.312. The lowest BCUT2D eigenvalue weighted by molar-refractivity contribution is 0.0593. The van der Waals surface area contributed by atoms with Crippen LogP contribution < -0.4 is 5.32 Å². The highest BCUT2D eigenvalue weighted by atomic mass is 127. The van der Waals surface area contributed by atoms with E-state index in [1.165, 1.54) is 6.33 Å². The number of fused-ring (bicyclic) bond motifs is 1. The van der Waals surface area contributed by atoms with E-state index in [1.807, 2.05) is 22.8 Å².